The van der Waals surface area contributed by atoms with Crippen LogP contribution in [0.25, 0.3) is 0 Å². The van der Waals surface area contributed by atoms with E-state index in [-0.39, 0.29) is 20.3 Å². The summed E-state index contributed by atoms with van der Waals surface area (Å²) in [5.41, 5.74) is -0.603. The van der Waals surface area contributed by atoms with E-state index in [9.17, 15) is 23.1 Å². The number of hydrogen-bond acceptors (Lipinski definition) is 3. The van der Waals surface area contributed by atoms with Crippen LogP contribution in [0.2, 0.25) is 0 Å². The Labute approximate surface area is 118 Å². The zero-order valence-corrected chi connectivity index (χ0v) is 12.0. The van der Waals surface area contributed by atoms with Gasteiger partial charge in [0.25, 0.3) is 0 Å². The molecule has 0 aromatic heterocycles. The molecule has 120 valence electrons. The summed E-state index contributed by atoms with van der Waals surface area (Å²) in [4.78, 5) is 11.5. The van der Waals surface area contributed by atoms with Crippen LogP contribution in [0.5, 0.6) is 0 Å². The Morgan fingerprint density at radius 1 is 1.25 bits per heavy atom. The highest BCUT2D eigenvalue weighted by molar-refractivity contribution is 5.68. The molecule has 1 saturated carbocycles. The molecule has 0 spiro atoms. The fourth-order valence-corrected chi connectivity index (χ4v) is 2.32. The van der Waals surface area contributed by atoms with E-state index in [0.717, 1.165) is 0 Å². The van der Waals surface area contributed by atoms with Crippen LogP contribution in [0, 0.1) is 5.92 Å². The minimum atomic E-state index is -4.57. The first kappa shape index (κ1) is 17.1. The molecule has 1 fully saturated rings. The van der Waals surface area contributed by atoms with Crippen molar-refractivity contribution in [3.63, 3.8) is 0 Å². The maximum absolute atomic E-state index is 12.4. The van der Waals surface area contributed by atoms with E-state index in [1.807, 2.05) is 0 Å². The Hall–Kier alpha value is -0.980. The number of hydrogen-bond donors (Lipinski definition) is 2. The molecule has 20 heavy (non-hydrogen) atoms. The largest absolute Gasteiger partial charge is 0.444 e. The number of rotatable bonds is 2. The summed E-state index contributed by atoms with van der Waals surface area (Å²) in [5, 5.41) is 11.8. The normalized spacial score (nSPS) is 25.9. The van der Waals surface area contributed by atoms with E-state index >= 15 is 0 Å². The number of carbonyl (C=O) groups excluding carboxylic acids is 1. The van der Waals surface area contributed by atoms with Crippen LogP contribution < -0.4 is 5.32 Å². The lowest BCUT2D eigenvalue weighted by Crippen LogP contribution is -2.44. The third kappa shape index (κ3) is 5.56. The number of amides is 1. The first-order valence-corrected chi connectivity index (χ1v) is 6.73. The highest BCUT2D eigenvalue weighted by Crippen LogP contribution is 2.34. The van der Waals surface area contributed by atoms with E-state index in [4.69, 9.17) is 4.74 Å². The lowest BCUT2D eigenvalue weighted by atomic mass is 9.82. The van der Waals surface area contributed by atoms with Gasteiger partial charge in [0.2, 0.25) is 0 Å². The van der Waals surface area contributed by atoms with E-state index in [1.165, 1.54) is 0 Å². The average Bonchev–Trinajstić information content (AvgIpc) is 2.25. The van der Waals surface area contributed by atoms with Gasteiger partial charge in [-0.1, -0.05) is 0 Å². The predicted molar refractivity (Wildman–Crippen MR) is 69.3 cm³/mol. The monoisotopic (exact) mass is 299 g/mol. The van der Waals surface area contributed by atoms with Gasteiger partial charge in [-0.25, -0.2) is 4.79 Å². The van der Waals surface area contributed by atoms with Crippen LogP contribution >= 0.6 is 0 Å². The van der Waals surface area contributed by atoms with Gasteiger partial charge in [0, 0.05) is 7.47 Å². The SMILES string of the molecule is CC(C)(C)OC(=O)NC1CCC(C(O)C(F)(F)F)CC1.[HH]. The first-order chi connectivity index (χ1) is 8.99. The van der Waals surface area contributed by atoms with Crippen molar-refractivity contribution in [3.8, 4) is 0 Å². The number of aliphatic hydroxyl groups excluding tert-OH is 1. The number of halogens is 3. The molecule has 4 nitrogen and oxygen atoms in total. The molecule has 1 rings (SSSR count). The van der Waals surface area contributed by atoms with Crippen molar-refractivity contribution in [2.75, 3.05) is 0 Å². The molecule has 0 bridgehead atoms. The van der Waals surface area contributed by atoms with E-state index in [0.29, 0.717) is 12.8 Å². The highest BCUT2D eigenvalue weighted by Gasteiger charge is 2.44. The van der Waals surface area contributed by atoms with Crippen LogP contribution in [0.15, 0.2) is 0 Å². The van der Waals surface area contributed by atoms with E-state index < -0.39 is 29.9 Å². The van der Waals surface area contributed by atoms with Gasteiger partial charge in [-0.3, -0.25) is 0 Å². The molecule has 0 aliphatic heterocycles. The number of carbonyl (C=O) groups is 1. The van der Waals surface area contributed by atoms with Gasteiger partial charge >= 0.3 is 12.3 Å². The van der Waals surface area contributed by atoms with Crippen LogP contribution in [0.3, 0.4) is 0 Å². The molecule has 7 heteroatoms. The van der Waals surface area contributed by atoms with Crippen molar-refractivity contribution in [3.05, 3.63) is 0 Å². The Balaban J connectivity index is 0.00000400. The highest BCUT2D eigenvalue weighted by atomic mass is 19.4. The smallest absolute Gasteiger partial charge is 0.414 e. The zero-order chi connectivity index (χ0) is 15.6. The lowest BCUT2D eigenvalue weighted by molar-refractivity contribution is -0.222. The maximum Gasteiger partial charge on any atom is 0.414 e. The Morgan fingerprint density at radius 2 is 1.75 bits per heavy atom. The Bertz CT molecular complexity index is 337. The molecule has 0 radical (unpaired) electrons. The van der Waals surface area contributed by atoms with Gasteiger partial charge in [0.15, 0.2) is 6.10 Å². The molecule has 1 aliphatic carbocycles. The standard InChI is InChI=1S/C13H22F3NO3.H2/c1-12(2,3)20-11(19)17-9-6-4-8(5-7-9)10(18)13(14,15)16;/h8-10,18H,4-7H2,1-3H3,(H,17,19);1H. The summed E-state index contributed by atoms with van der Waals surface area (Å²) in [7, 11) is 0. The van der Waals surface area contributed by atoms with Crippen LogP contribution in [0.1, 0.15) is 47.9 Å². The summed E-state index contributed by atoms with van der Waals surface area (Å²) in [5.74, 6) is -0.785. The number of alkyl halides is 3. The summed E-state index contributed by atoms with van der Waals surface area (Å²) in [6.45, 7) is 5.22. The van der Waals surface area contributed by atoms with Gasteiger partial charge in [-0.2, -0.15) is 13.2 Å². The third-order valence-electron chi connectivity index (χ3n) is 3.27. The number of ether oxygens (including phenoxy) is 1. The third-order valence-corrected chi connectivity index (χ3v) is 3.27. The van der Waals surface area contributed by atoms with E-state index in [2.05, 4.69) is 5.32 Å². The van der Waals surface area contributed by atoms with Crippen molar-refractivity contribution in [2.45, 2.75) is 70.4 Å². The molecular weight excluding hydrogens is 275 g/mol. The van der Waals surface area contributed by atoms with Crippen molar-refractivity contribution in [2.24, 2.45) is 5.92 Å². The second-order valence-corrected chi connectivity index (χ2v) is 6.24. The van der Waals surface area contributed by atoms with Gasteiger partial charge in [0.1, 0.15) is 5.60 Å². The Kier molecular flexibility index (Phi) is 5.29. The summed E-state index contributed by atoms with van der Waals surface area (Å²) in [6, 6.07) is -0.193. The van der Waals surface area contributed by atoms with Gasteiger partial charge < -0.3 is 15.2 Å². The summed E-state index contributed by atoms with van der Waals surface area (Å²) in [6.07, 6.45) is -6.10. The quantitative estimate of drug-likeness (QED) is 0.823. The fraction of sp³-hybridized carbons (Fsp3) is 0.923. The minimum Gasteiger partial charge on any atom is -0.444 e. The van der Waals surface area contributed by atoms with Crippen molar-refractivity contribution >= 4 is 6.09 Å². The minimum absolute atomic E-state index is 0. The predicted octanol–water partition coefficient (Wildman–Crippen LogP) is 3.24. The molecular formula is C13H24F3NO3. The number of alkyl carbamates (subject to hydrolysis) is 1. The van der Waals surface area contributed by atoms with Gasteiger partial charge in [-0.15, -0.1) is 0 Å². The Morgan fingerprint density at radius 3 is 2.15 bits per heavy atom. The first-order valence-electron chi connectivity index (χ1n) is 6.73. The maximum atomic E-state index is 12.4. The van der Waals surface area contributed by atoms with Crippen LogP contribution in [0.4, 0.5) is 18.0 Å². The second-order valence-electron chi connectivity index (χ2n) is 6.24. The molecule has 0 saturated heterocycles. The lowest BCUT2D eigenvalue weighted by Gasteiger charge is -2.33. The number of nitrogens with one attached hydrogen (secondary N) is 1. The zero-order valence-electron chi connectivity index (χ0n) is 12.0. The second kappa shape index (κ2) is 6.20. The average molecular weight is 299 g/mol. The molecule has 1 atom stereocenters. The topological polar surface area (TPSA) is 58.6 Å². The molecule has 0 heterocycles. The molecule has 0 aromatic rings. The van der Waals surface area contributed by atoms with Crippen molar-refractivity contribution in [1.29, 1.82) is 0 Å². The summed E-state index contributed by atoms with van der Waals surface area (Å²) >= 11 is 0. The molecule has 1 amide bonds. The fourth-order valence-electron chi connectivity index (χ4n) is 2.32. The van der Waals surface area contributed by atoms with Gasteiger partial charge in [-0.05, 0) is 52.4 Å². The van der Waals surface area contributed by atoms with Crippen molar-refractivity contribution in [1.82, 2.24) is 5.32 Å². The molecule has 0 aromatic carbocycles. The number of aliphatic hydroxyl groups is 1. The summed E-state index contributed by atoms with van der Waals surface area (Å²) < 4.78 is 42.3. The van der Waals surface area contributed by atoms with Gasteiger partial charge in [0.05, 0.1) is 0 Å². The van der Waals surface area contributed by atoms with Crippen molar-refractivity contribution < 1.29 is 29.2 Å². The van der Waals surface area contributed by atoms with Crippen LogP contribution in [-0.2, 0) is 4.74 Å². The molecule has 2 N–H and O–H groups in total. The van der Waals surface area contributed by atoms with Crippen LogP contribution in [-0.4, -0.2) is 35.1 Å². The molecule has 1 unspecified atom stereocenters. The molecule has 1 aliphatic rings. The van der Waals surface area contributed by atoms with E-state index in [1.54, 1.807) is 20.8 Å².